The zero-order valence-corrected chi connectivity index (χ0v) is 17.6. The minimum atomic E-state index is -0.0785. The number of hydrogen-bond acceptors (Lipinski definition) is 2. The molecule has 0 aromatic heterocycles. The molecule has 2 heterocycles. The highest BCUT2D eigenvalue weighted by Gasteiger charge is 2.46. The second kappa shape index (κ2) is 7.41. The van der Waals surface area contributed by atoms with Crippen LogP contribution >= 0.6 is 11.6 Å². The average Bonchev–Trinajstić information content (AvgIpc) is 3.00. The third-order valence-corrected chi connectivity index (χ3v) is 6.90. The monoisotopic (exact) mass is 397 g/mol. The van der Waals surface area contributed by atoms with Gasteiger partial charge in [0.05, 0.1) is 0 Å². The summed E-state index contributed by atoms with van der Waals surface area (Å²) in [6.07, 6.45) is 2.19. The number of piperidine rings is 1. The van der Waals surface area contributed by atoms with Crippen LogP contribution in [-0.2, 0) is 5.41 Å². The first kappa shape index (κ1) is 19.3. The fourth-order valence-electron chi connectivity index (χ4n) is 4.61. The number of anilines is 2. The van der Waals surface area contributed by atoms with E-state index in [-0.39, 0.29) is 11.4 Å². The highest BCUT2D eigenvalue weighted by Crippen LogP contribution is 2.47. The lowest BCUT2D eigenvalue weighted by Gasteiger charge is -2.39. The number of aryl methyl sites for hydroxylation is 1. The van der Waals surface area contributed by atoms with Crippen molar-refractivity contribution in [2.75, 3.05) is 36.4 Å². The number of rotatable bonds is 2. The molecule has 2 aromatic rings. The maximum absolute atomic E-state index is 13.2. The van der Waals surface area contributed by atoms with Gasteiger partial charge in [0.2, 0.25) is 0 Å². The van der Waals surface area contributed by atoms with E-state index in [1.54, 1.807) is 0 Å². The quantitative estimate of drug-likeness (QED) is 0.740. The molecule has 148 valence electrons. The number of fused-ring (bicyclic) bond motifs is 2. The maximum Gasteiger partial charge on any atom is 0.326 e. The lowest BCUT2D eigenvalue weighted by Crippen LogP contribution is -2.46. The molecule has 2 aliphatic rings. The number of carbonyl (C=O) groups excluding carboxylic acids is 1. The molecule has 0 saturated carbocycles. The van der Waals surface area contributed by atoms with Crippen LogP contribution in [0.3, 0.4) is 0 Å². The highest BCUT2D eigenvalue weighted by atomic mass is 35.5. The third kappa shape index (κ3) is 3.29. The van der Waals surface area contributed by atoms with Gasteiger partial charge in [-0.2, -0.15) is 0 Å². The molecular weight excluding hydrogens is 370 g/mol. The zero-order chi connectivity index (χ0) is 19.9. The van der Waals surface area contributed by atoms with Crippen LogP contribution in [0.2, 0.25) is 5.02 Å². The van der Waals surface area contributed by atoms with Crippen LogP contribution in [0.5, 0.6) is 0 Å². The first-order valence-corrected chi connectivity index (χ1v) is 10.5. The Bertz CT molecular complexity index is 903. The molecule has 0 aliphatic carbocycles. The van der Waals surface area contributed by atoms with Gasteiger partial charge >= 0.3 is 6.03 Å². The van der Waals surface area contributed by atoms with Gasteiger partial charge in [0.25, 0.3) is 0 Å². The van der Waals surface area contributed by atoms with E-state index in [9.17, 15) is 4.79 Å². The first-order valence-electron chi connectivity index (χ1n) is 10.1. The van der Waals surface area contributed by atoms with E-state index in [0.717, 1.165) is 56.0 Å². The smallest absolute Gasteiger partial charge is 0.307 e. The molecule has 1 spiro atoms. The normalized spacial score (nSPS) is 18.4. The summed E-state index contributed by atoms with van der Waals surface area (Å²) in [5.74, 6) is 0. The first-order chi connectivity index (χ1) is 13.4. The molecule has 2 aliphatic heterocycles. The van der Waals surface area contributed by atoms with Crippen molar-refractivity contribution < 1.29 is 4.79 Å². The fraction of sp³-hybridized carbons (Fsp3) is 0.435. The van der Waals surface area contributed by atoms with Crippen LogP contribution in [0.4, 0.5) is 16.2 Å². The standard InChI is InChI=1S/C23H28ClN3O/c1-4-26-12-10-23(11-13-26)15-27(21-9-8-16(2)14-18(21)23)22(28)25-20-7-5-6-19(24)17(20)3/h5-9,14H,4,10-13,15H2,1-3H3,(H,25,28). The molecule has 4 nitrogen and oxygen atoms in total. The molecule has 0 atom stereocenters. The van der Waals surface area contributed by atoms with Crippen molar-refractivity contribution in [3.63, 3.8) is 0 Å². The Kier molecular flexibility index (Phi) is 5.11. The number of benzene rings is 2. The van der Waals surface area contributed by atoms with Gasteiger partial charge < -0.3 is 10.2 Å². The Labute approximate surface area is 172 Å². The summed E-state index contributed by atoms with van der Waals surface area (Å²) in [6, 6.07) is 12.0. The minimum Gasteiger partial charge on any atom is -0.307 e. The number of nitrogens with zero attached hydrogens (tertiary/aromatic N) is 2. The van der Waals surface area contributed by atoms with Gasteiger partial charge in [0, 0.05) is 28.4 Å². The van der Waals surface area contributed by atoms with Crippen molar-refractivity contribution in [2.45, 2.75) is 39.0 Å². The minimum absolute atomic E-state index is 0.0632. The molecule has 1 saturated heterocycles. The van der Waals surface area contributed by atoms with Crippen LogP contribution in [0.25, 0.3) is 0 Å². The van der Waals surface area contributed by atoms with Crippen molar-refractivity contribution in [1.82, 2.24) is 4.90 Å². The van der Waals surface area contributed by atoms with Crippen LogP contribution in [-0.4, -0.2) is 37.1 Å². The van der Waals surface area contributed by atoms with Gasteiger partial charge in [-0.25, -0.2) is 4.79 Å². The van der Waals surface area contributed by atoms with Crippen molar-refractivity contribution in [1.29, 1.82) is 0 Å². The van der Waals surface area contributed by atoms with Crippen LogP contribution in [0.15, 0.2) is 36.4 Å². The molecule has 2 aromatic carbocycles. The van der Waals surface area contributed by atoms with Gasteiger partial charge in [0.15, 0.2) is 0 Å². The molecule has 5 heteroatoms. The number of amides is 2. The van der Waals surface area contributed by atoms with Gasteiger partial charge in [-0.15, -0.1) is 0 Å². The van der Waals surface area contributed by atoms with E-state index in [0.29, 0.717) is 5.02 Å². The Morgan fingerprint density at radius 3 is 2.64 bits per heavy atom. The van der Waals surface area contributed by atoms with E-state index < -0.39 is 0 Å². The van der Waals surface area contributed by atoms with Crippen LogP contribution in [0.1, 0.15) is 36.5 Å². The van der Waals surface area contributed by atoms with Gasteiger partial charge in [0.1, 0.15) is 0 Å². The second-order valence-electron chi connectivity index (χ2n) is 8.16. The molecule has 0 radical (unpaired) electrons. The Hall–Kier alpha value is -2.04. The molecule has 0 bridgehead atoms. The molecule has 1 N–H and O–H groups in total. The summed E-state index contributed by atoms with van der Waals surface area (Å²) in [6.45, 7) is 10.3. The van der Waals surface area contributed by atoms with Crippen LogP contribution in [0, 0.1) is 13.8 Å². The number of urea groups is 1. The molecular formula is C23H28ClN3O. The Morgan fingerprint density at radius 1 is 1.18 bits per heavy atom. The number of hydrogen-bond donors (Lipinski definition) is 1. The summed E-state index contributed by atoms with van der Waals surface area (Å²) in [5, 5.41) is 3.75. The lowest BCUT2D eigenvalue weighted by atomic mass is 9.74. The summed E-state index contributed by atoms with van der Waals surface area (Å²) in [4.78, 5) is 17.7. The maximum atomic E-state index is 13.2. The molecule has 0 unspecified atom stereocenters. The molecule has 2 amide bonds. The van der Waals surface area contributed by atoms with E-state index >= 15 is 0 Å². The fourth-order valence-corrected chi connectivity index (χ4v) is 4.79. The second-order valence-corrected chi connectivity index (χ2v) is 8.57. The van der Waals surface area contributed by atoms with Gasteiger partial charge in [-0.3, -0.25) is 4.90 Å². The van der Waals surface area contributed by atoms with Gasteiger partial charge in [-0.1, -0.05) is 42.3 Å². The van der Waals surface area contributed by atoms with E-state index in [2.05, 4.69) is 42.3 Å². The summed E-state index contributed by atoms with van der Waals surface area (Å²) in [7, 11) is 0. The Morgan fingerprint density at radius 2 is 1.93 bits per heavy atom. The van der Waals surface area contributed by atoms with Gasteiger partial charge in [-0.05, 0) is 75.6 Å². The van der Waals surface area contributed by atoms with E-state index in [1.807, 2.05) is 30.0 Å². The zero-order valence-electron chi connectivity index (χ0n) is 16.9. The topological polar surface area (TPSA) is 35.6 Å². The lowest BCUT2D eigenvalue weighted by molar-refractivity contribution is 0.173. The summed E-state index contributed by atoms with van der Waals surface area (Å²) < 4.78 is 0. The number of nitrogens with one attached hydrogen (secondary N) is 1. The number of carbonyl (C=O) groups is 1. The Balaban J connectivity index is 1.64. The van der Waals surface area contributed by atoms with Crippen LogP contribution < -0.4 is 10.2 Å². The molecule has 1 fully saturated rings. The summed E-state index contributed by atoms with van der Waals surface area (Å²) >= 11 is 6.23. The summed E-state index contributed by atoms with van der Waals surface area (Å²) in [5.41, 5.74) is 5.37. The van der Waals surface area contributed by atoms with Crippen molar-refractivity contribution in [3.05, 3.63) is 58.1 Å². The third-order valence-electron chi connectivity index (χ3n) is 6.49. The molecule has 4 rings (SSSR count). The highest BCUT2D eigenvalue weighted by molar-refractivity contribution is 6.31. The largest absolute Gasteiger partial charge is 0.326 e. The SMILES string of the molecule is CCN1CCC2(CC1)CN(C(=O)Nc1cccc(Cl)c1C)c1ccc(C)cc12. The van der Waals surface area contributed by atoms with E-state index in [1.165, 1.54) is 11.1 Å². The van der Waals surface area contributed by atoms with Crippen molar-refractivity contribution >= 4 is 29.0 Å². The predicted molar refractivity (Wildman–Crippen MR) is 117 cm³/mol. The average molecular weight is 398 g/mol. The molecule has 28 heavy (non-hydrogen) atoms. The van der Waals surface area contributed by atoms with Crippen molar-refractivity contribution in [2.24, 2.45) is 0 Å². The van der Waals surface area contributed by atoms with Crippen molar-refractivity contribution in [3.8, 4) is 0 Å². The van der Waals surface area contributed by atoms with E-state index in [4.69, 9.17) is 11.6 Å². The number of likely N-dealkylation sites (tertiary alicyclic amines) is 1. The predicted octanol–water partition coefficient (Wildman–Crippen LogP) is 5.36. The number of halogens is 1.